The van der Waals surface area contributed by atoms with Gasteiger partial charge in [0.05, 0.1) is 15.6 Å². The van der Waals surface area contributed by atoms with Crippen LogP contribution < -0.4 is 5.32 Å². The van der Waals surface area contributed by atoms with Crippen LogP contribution >= 0.6 is 11.6 Å². The van der Waals surface area contributed by atoms with Crippen molar-refractivity contribution < 1.29 is 4.92 Å². The Morgan fingerprint density at radius 1 is 1.50 bits per heavy atom. The molecule has 0 aliphatic heterocycles. The molecule has 0 saturated heterocycles. The number of nitro benzene ring substituents is 1. The number of benzene rings is 1. The fourth-order valence-corrected chi connectivity index (χ4v) is 2.74. The van der Waals surface area contributed by atoms with Crippen LogP contribution in [0.3, 0.4) is 0 Å². The lowest BCUT2D eigenvalue weighted by atomic mass is 9.92. The highest BCUT2D eigenvalue weighted by Crippen LogP contribution is 2.39. The van der Waals surface area contributed by atoms with Gasteiger partial charge in [-0.3, -0.25) is 10.1 Å². The Hall–Kier alpha value is -1.29. The molecular weight excluding hydrogens is 252 g/mol. The first-order valence-electron chi connectivity index (χ1n) is 6.08. The summed E-state index contributed by atoms with van der Waals surface area (Å²) in [6.45, 7) is 4.51. The lowest BCUT2D eigenvalue weighted by molar-refractivity contribution is -0.384. The summed E-state index contributed by atoms with van der Waals surface area (Å²) in [5.74, 6) is 0. The van der Waals surface area contributed by atoms with E-state index in [4.69, 9.17) is 11.6 Å². The normalized spacial score (nSPS) is 21.8. The Kier molecular flexibility index (Phi) is 3.48. The van der Waals surface area contributed by atoms with Gasteiger partial charge in [0.15, 0.2) is 0 Å². The number of non-ortho nitro benzene ring substituents is 1. The van der Waals surface area contributed by atoms with Crippen molar-refractivity contribution in [3.8, 4) is 0 Å². The van der Waals surface area contributed by atoms with Crippen molar-refractivity contribution in [2.45, 2.75) is 39.2 Å². The number of anilines is 1. The van der Waals surface area contributed by atoms with Crippen molar-refractivity contribution in [1.29, 1.82) is 0 Å². The maximum Gasteiger partial charge on any atom is 0.271 e. The van der Waals surface area contributed by atoms with E-state index in [2.05, 4.69) is 19.2 Å². The summed E-state index contributed by atoms with van der Waals surface area (Å²) in [7, 11) is 0. The molecule has 0 spiro atoms. The predicted molar refractivity (Wildman–Crippen MR) is 73.1 cm³/mol. The highest BCUT2D eigenvalue weighted by Gasteiger charge is 2.31. The summed E-state index contributed by atoms with van der Waals surface area (Å²) in [6, 6.07) is 4.96. The molecule has 0 bridgehead atoms. The van der Waals surface area contributed by atoms with E-state index in [-0.39, 0.29) is 5.69 Å². The van der Waals surface area contributed by atoms with Crippen LogP contribution in [0.5, 0.6) is 0 Å². The summed E-state index contributed by atoms with van der Waals surface area (Å²) < 4.78 is 0. The Morgan fingerprint density at radius 2 is 2.22 bits per heavy atom. The first kappa shape index (κ1) is 13.1. The quantitative estimate of drug-likeness (QED) is 0.659. The van der Waals surface area contributed by atoms with Gasteiger partial charge in [-0.2, -0.15) is 0 Å². The predicted octanol–water partition coefficient (Wildman–Crippen LogP) is 4.24. The van der Waals surface area contributed by atoms with E-state index in [1.54, 1.807) is 6.07 Å². The standard InChI is InChI=1S/C13H17ClN2O2/c1-13(2)6-5-9(8-13)15-12-4-3-10(16(17)18)7-11(12)14/h3-4,7,9,15H,5-6,8H2,1-2H3. The van der Waals surface area contributed by atoms with Crippen molar-refractivity contribution in [2.75, 3.05) is 5.32 Å². The van der Waals surface area contributed by atoms with Crippen LogP contribution in [0.4, 0.5) is 11.4 Å². The third kappa shape index (κ3) is 2.93. The number of halogens is 1. The zero-order valence-corrected chi connectivity index (χ0v) is 11.3. The van der Waals surface area contributed by atoms with E-state index in [1.807, 2.05) is 0 Å². The van der Waals surface area contributed by atoms with Crippen LogP contribution in [0.1, 0.15) is 33.1 Å². The molecule has 18 heavy (non-hydrogen) atoms. The first-order chi connectivity index (χ1) is 8.37. The second-order valence-corrected chi connectivity index (χ2v) is 6.08. The highest BCUT2D eigenvalue weighted by molar-refractivity contribution is 6.33. The molecule has 1 saturated carbocycles. The zero-order valence-electron chi connectivity index (χ0n) is 10.6. The molecule has 1 N–H and O–H groups in total. The Bertz CT molecular complexity index is 474. The monoisotopic (exact) mass is 268 g/mol. The van der Waals surface area contributed by atoms with Crippen LogP contribution in [0.25, 0.3) is 0 Å². The van der Waals surface area contributed by atoms with Gasteiger partial charge in [0, 0.05) is 18.2 Å². The van der Waals surface area contributed by atoms with E-state index in [1.165, 1.54) is 18.6 Å². The van der Waals surface area contributed by atoms with Gasteiger partial charge in [0.25, 0.3) is 5.69 Å². The Morgan fingerprint density at radius 3 is 2.72 bits per heavy atom. The molecule has 0 radical (unpaired) electrons. The minimum atomic E-state index is -0.436. The Labute approximate surface area is 111 Å². The van der Waals surface area contributed by atoms with Gasteiger partial charge in [-0.05, 0) is 30.7 Å². The average molecular weight is 269 g/mol. The van der Waals surface area contributed by atoms with Crippen molar-refractivity contribution >= 4 is 23.0 Å². The smallest absolute Gasteiger partial charge is 0.271 e. The van der Waals surface area contributed by atoms with Gasteiger partial charge in [0.1, 0.15) is 0 Å². The van der Waals surface area contributed by atoms with Gasteiger partial charge in [-0.25, -0.2) is 0 Å². The summed E-state index contributed by atoms with van der Waals surface area (Å²) in [6.07, 6.45) is 3.40. The largest absolute Gasteiger partial charge is 0.381 e. The van der Waals surface area contributed by atoms with Gasteiger partial charge < -0.3 is 5.32 Å². The van der Waals surface area contributed by atoms with Crippen molar-refractivity contribution in [1.82, 2.24) is 0 Å². The lowest BCUT2D eigenvalue weighted by Gasteiger charge is -2.19. The summed E-state index contributed by atoms with van der Waals surface area (Å²) in [5, 5.41) is 14.4. The molecule has 0 amide bonds. The number of rotatable bonds is 3. The van der Waals surface area contributed by atoms with Gasteiger partial charge in [-0.1, -0.05) is 25.4 Å². The van der Waals surface area contributed by atoms with Crippen LogP contribution in [-0.4, -0.2) is 11.0 Å². The molecule has 98 valence electrons. The fraction of sp³-hybridized carbons (Fsp3) is 0.538. The maximum atomic E-state index is 10.6. The molecule has 1 aromatic rings. The highest BCUT2D eigenvalue weighted by atomic mass is 35.5. The van der Waals surface area contributed by atoms with E-state index in [0.717, 1.165) is 18.5 Å². The number of nitrogens with one attached hydrogen (secondary N) is 1. The molecule has 4 nitrogen and oxygen atoms in total. The van der Waals surface area contributed by atoms with Gasteiger partial charge >= 0.3 is 0 Å². The number of nitro groups is 1. The van der Waals surface area contributed by atoms with Gasteiger partial charge in [0.2, 0.25) is 0 Å². The second-order valence-electron chi connectivity index (χ2n) is 5.67. The lowest BCUT2D eigenvalue weighted by Crippen LogP contribution is -2.17. The van der Waals surface area contributed by atoms with Crippen LogP contribution in [0, 0.1) is 15.5 Å². The third-order valence-corrected chi connectivity index (χ3v) is 3.80. The molecule has 2 rings (SSSR count). The minimum Gasteiger partial charge on any atom is -0.381 e. The summed E-state index contributed by atoms with van der Waals surface area (Å²) >= 11 is 6.06. The second kappa shape index (κ2) is 4.76. The van der Waals surface area contributed by atoms with Crippen molar-refractivity contribution in [3.05, 3.63) is 33.3 Å². The SMILES string of the molecule is CC1(C)CCC(Nc2ccc([N+](=O)[O-])cc2Cl)C1. The average Bonchev–Trinajstić information content (AvgIpc) is 2.61. The summed E-state index contributed by atoms with van der Waals surface area (Å²) in [4.78, 5) is 10.2. The van der Waals surface area contributed by atoms with Crippen molar-refractivity contribution in [2.24, 2.45) is 5.41 Å². The van der Waals surface area contributed by atoms with Crippen LogP contribution in [-0.2, 0) is 0 Å². The van der Waals surface area contributed by atoms with Crippen LogP contribution in [0.2, 0.25) is 5.02 Å². The molecule has 1 fully saturated rings. The van der Waals surface area contributed by atoms with E-state index in [9.17, 15) is 10.1 Å². The fourth-order valence-electron chi connectivity index (χ4n) is 2.51. The number of hydrogen-bond acceptors (Lipinski definition) is 3. The molecule has 1 aromatic carbocycles. The van der Waals surface area contributed by atoms with E-state index >= 15 is 0 Å². The molecule has 5 heteroatoms. The zero-order chi connectivity index (χ0) is 13.3. The molecule has 1 unspecified atom stereocenters. The van der Waals surface area contributed by atoms with E-state index in [0.29, 0.717) is 16.5 Å². The molecule has 0 aromatic heterocycles. The molecule has 1 aliphatic carbocycles. The molecule has 1 atom stereocenters. The number of hydrogen-bond donors (Lipinski definition) is 1. The van der Waals surface area contributed by atoms with Crippen molar-refractivity contribution in [3.63, 3.8) is 0 Å². The molecule has 1 aliphatic rings. The summed E-state index contributed by atoms with van der Waals surface area (Å²) in [5.41, 5.74) is 1.17. The van der Waals surface area contributed by atoms with E-state index < -0.39 is 4.92 Å². The third-order valence-electron chi connectivity index (χ3n) is 3.49. The Balaban J connectivity index is 2.09. The van der Waals surface area contributed by atoms with Crippen LogP contribution in [0.15, 0.2) is 18.2 Å². The topological polar surface area (TPSA) is 55.2 Å². The first-order valence-corrected chi connectivity index (χ1v) is 6.46. The van der Waals surface area contributed by atoms with Gasteiger partial charge in [-0.15, -0.1) is 0 Å². The minimum absolute atomic E-state index is 0.0253. The molecule has 0 heterocycles. The number of nitrogens with zero attached hydrogens (tertiary/aromatic N) is 1. The molecular formula is C13H17ClN2O2. The maximum absolute atomic E-state index is 10.6.